The first-order chi connectivity index (χ1) is 16.8. The molecule has 6 N–H and O–H groups in total. The van der Waals surface area contributed by atoms with Crippen molar-refractivity contribution >= 4 is 21.8 Å². The molecule has 0 saturated heterocycles. The molecule has 1 amide bonds. The van der Waals surface area contributed by atoms with Crippen LogP contribution in [0.25, 0.3) is 0 Å². The number of rotatable bonds is 13. The van der Waals surface area contributed by atoms with Gasteiger partial charge < -0.3 is 26.6 Å². The average Bonchev–Trinajstić information content (AvgIpc) is 3.35. The number of aliphatic hydroxyl groups is 1. The molecule has 0 unspecified atom stereocenters. The van der Waals surface area contributed by atoms with E-state index in [1.165, 1.54) is 12.1 Å². The summed E-state index contributed by atoms with van der Waals surface area (Å²) in [6.45, 7) is 0.434. The molecule has 2 aromatic rings. The number of nitrogens with two attached hydrogens (primary N) is 1. The molecule has 0 aromatic heterocycles. The lowest BCUT2D eigenvalue weighted by molar-refractivity contribution is -0.145. The van der Waals surface area contributed by atoms with Crippen LogP contribution in [0, 0.1) is 0 Å². The standard InChI is InChI=1S/C24H34N4O6S/c25-13-14-26-19-9-6-12-21(16-19)35(32,33)28(34-20-10-4-5-11-20)17-23(29)22(27-24(30)31)15-18-7-2-1-3-8-18/h1-3,6-9,12,16,20,22-23,26-27,29H,4-5,10-11,13-15,17,25H2,(H,30,31)/t22-,23+/m0/s1. The van der Waals surface area contributed by atoms with Gasteiger partial charge in [-0.1, -0.05) is 53.7 Å². The summed E-state index contributed by atoms with van der Waals surface area (Å²) >= 11 is 0. The number of aliphatic hydroxyl groups excluding tert-OH is 1. The summed E-state index contributed by atoms with van der Waals surface area (Å²) in [5.74, 6) is 0. The van der Waals surface area contributed by atoms with Crippen molar-refractivity contribution in [3.05, 3.63) is 60.2 Å². The van der Waals surface area contributed by atoms with Crippen molar-refractivity contribution in [2.24, 2.45) is 5.73 Å². The van der Waals surface area contributed by atoms with Crippen LogP contribution in [0.2, 0.25) is 0 Å². The van der Waals surface area contributed by atoms with Gasteiger partial charge in [-0.15, -0.1) is 0 Å². The topological polar surface area (TPSA) is 154 Å². The van der Waals surface area contributed by atoms with Crippen molar-refractivity contribution < 1.29 is 28.3 Å². The molecule has 10 nitrogen and oxygen atoms in total. The molecule has 1 fully saturated rings. The number of carboxylic acid groups (broad SMARTS) is 1. The van der Waals surface area contributed by atoms with E-state index in [2.05, 4.69) is 10.6 Å². The molecule has 0 bridgehead atoms. The predicted molar refractivity (Wildman–Crippen MR) is 132 cm³/mol. The molecule has 192 valence electrons. The molecule has 0 spiro atoms. The van der Waals surface area contributed by atoms with E-state index in [1.54, 1.807) is 12.1 Å². The number of amides is 1. The van der Waals surface area contributed by atoms with E-state index in [-0.39, 0.29) is 17.4 Å². The number of carbonyl (C=O) groups is 1. The van der Waals surface area contributed by atoms with E-state index in [0.29, 0.717) is 31.6 Å². The molecule has 3 rings (SSSR count). The van der Waals surface area contributed by atoms with Gasteiger partial charge in [0, 0.05) is 18.8 Å². The minimum atomic E-state index is -4.16. The number of nitrogens with zero attached hydrogens (tertiary/aromatic N) is 1. The molecule has 1 aliphatic carbocycles. The van der Waals surface area contributed by atoms with Crippen molar-refractivity contribution in [3.63, 3.8) is 0 Å². The number of benzene rings is 2. The molecule has 11 heteroatoms. The summed E-state index contributed by atoms with van der Waals surface area (Å²) in [6, 6.07) is 14.4. The Labute approximate surface area is 206 Å². The Morgan fingerprint density at radius 1 is 1.14 bits per heavy atom. The van der Waals surface area contributed by atoms with Crippen LogP contribution in [0.4, 0.5) is 10.5 Å². The zero-order valence-corrected chi connectivity index (χ0v) is 20.4. The maximum Gasteiger partial charge on any atom is 0.404 e. The van der Waals surface area contributed by atoms with Gasteiger partial charge in [0.15, 0.2) is 0 Å². The van der Waals surface area contributed by atoms with Gasteiger partial charge in [0.25, 0.3) is 10.0 Å². The summed E-state index contributed by atoms with van der Waals surface area (Å²) < 4.78 is 28.0. The Bertz CT molecular complexity index is 1050. The lowest BCUT2D eigenvalue weighted by Gasteiger charge is -2.30. The normalized spacial score (nSPS) is 16.2. The Morgan fingerprint density at radius 2 is 1.86 bits per heavy atom. The van der Waals surface area contributed by atoms with Crippen LogP contribution in [0.15, 0.2) is 59.5 Å². The van der Waals surface area contributed by atoms with E-state index >= 15 is 0 Å². The molecule has 0 aliphatic heterocycles. The molecule has 2 aromatic carbocycles. The third-order valence-electron chi connectivity index (χ3n) is 5.85. The van der Waals surface area contributed by atoms with Crippen molar-refractivity contribution in [2.75, 3.05) is 25.0 Å². The minimum absolute atomic E-state index is 0.00415. The van der Waals surface area contributed by atoms with Gasteiger partial charge in [-0.2, -0.15) is 0 Å². The van der Waals surface area contributed by atoms with E-state index in [4.69, 9.17) is 10.6 Å². The summed E-state index contributed by atoms with van der Waals surface area (Å²) in [6.07, 6.45) is 0.492. The van der Waals surface area contributed by atoms with Crippen molar-refractivity contribution in [3.8, 4) is 0 Å². The molecule has 35 heavy (non-hydrogen) atoms. The number of hydrogen-bond donors (Lipinski definition) is 5. The number of sulfonamides is 1. The highest BCUT2D eigenvalue weighted by Crippen LogP contribution is 2.27. The first kappa shape index (κ1) is 26.9. The van der Waals surface area contributed by atoms with E-state index in [1.807, 2.05) is 30.3 Å². The molecule has 1 saturated carbocycles. The van der Waals surface area contributed by atoms with Crippen LogP contribution in [0.5, 0.6) is 0 Å². The van der Waals surface area contributed by atoms with Crippen LogP contribution >= 0.6 is 0 Å². The Morgan fingerprint density at radius 3 is 2.51 bits per heavy atom. The lowest BCUT2D eigenvalue weighted by atomic mass is 10.0. The van der Waals surface area contributed by atoms with Crippen molar-refractivity contribution in [1.82, 2.24) is 9.79 Å². The molecular formula is C24H34N4O6S. The van der Waals surface area contributed by atoms with Gasteiger partial charge in [0.2, 0.25) is 0 Å². The third-order valence-corrected chi connectivity index (χ3v) is 7.47. The summed E-state index contributed by atoms with van der Waals surface area (Å²) in [5, 5.41) is 25.7. The Balaban J connectivity index is 1.85. The van der Waals surface area contributed by atoms with Crippen LogP contribution in [0.3, 0.4) is 0 Å². The summed E-state index contributed by atoms with van der Waals surface area (Å²) in [7, 11) is -4.16. The fraction of sp³-hybridized carbons (Fsp3) is 0.458. The Kier molecular flexibility index (Phi) is 9.87. The highest BCUT2D eigenvalue weighted by Gasteiger charge is 2.34. The third kappa shape index (κ3) is 7.91. The van der Waals surface area contributed by atoms with Crippen molar-refractivity contribution in [2.45, 2.75) is 55.2 Å². The average molecular weight is 507 g/mol. The van der Waals surface area contributed by atoms with Gasteiger partial charge in [0.1, 0.15) is 0 Å². The summed E-state index contributed by atoms with van der Waals surface area (Å²) in [5.41, 5.74) is 6.92. The second-order valence-corrected chi connectivity index (χ2v) is 10.4. The fourth-order valence-corrected chi connectivity index (χ4v) is 5.39. The lowest BCUT2D eigenvalue weighted by Crippen LogP contribution is -2.50. The van der Waals surface area contributed by atoms with E-state index < -0.39 is 34.8 Å². The monoisotopic (exact) mass is 506 g/mol. The van der Waals surface area contributed by atoms with Crippen LogP contribution in [0.1, 0.15) is 31.2 Å². The number of anilines is 1. The van der Waals surface area contributed by atoms with Gasteiger partial charge in [0.05, 0.1) is 29.7 Å². The van der Waals surface area contributed by atoms with Crippen LogP contribution in [-0.2, 0) is 21.3 Å². The Hall–Kier alpha value is -2.70. The van der Waals surface area contributed by atoms with Crippen molar-refractivity contribution in [1.29, 1.82) is 0 Å². The van der Waals surface area contributed by atoms with Gasteiger partial charge in [-0.3, -0.25) is 4.84 Å². The second-order valence-electron chi connectivity index (χ2n) is 8.56. The summed E-state index contributed by atoms with van der Waals surface area (Å²) in [4.78, 5) is 17.3. The first-order valence-electron chi connectivity index (χ1n) is 11.7. The second kappa shape index (κ2) is 12.8. The SMILES string of the molecule is NCCNc1cccc(S(=O)(=O)N(C[C@@H](O)[C@H](Cc2ccccc2)NC(=O)O)OC2CCCC2)c1. The number of hydroxylamine groups is 1. The van der Waals surface area contributed by atoms with Gasteiger partial charge in [-0.05, 0) is 43.0 Å². The zero-order valence-electron chi connectivity index (χ0n) is 19.5. The van der Waals surface area contributed by atoms with Crippen LogP contribution < -0.4 is 16.4 Å². The molecule has 1 aliphatic rings. The van der Waals surface area contributed by atoms with E-state index in [0.717, 1.165) is 22.9 Å². The maximum absolute atomic E-state index is 13.6. The smallest absolute Gasteiger partial charge is 0.404 e. The molecular weight excluding hydrogens is 472 g/mol. The molecule has 0 heterocycles. The highest BCUT2D eigenvalue weighted by molar-refractivity contribution is 7.89. The van der Waals surface area contributed by atoms with E-state index in [9.17, 15) is 23.4 Å². The number of hydrogen-bond acceptors (Lipinski definition) is 7. The quantitative estimate of drug-likeness (QED) is 0.259. The largest absolute Gasteiger partial charge is 0.465 e. The number of nitrogens with one attached hydrogen (secondary N) is 2. The first-order valence-corrected chi connectivity index (χ1v) is 13.2. The minimum Gasteiger partial charge on any atom is -0.465 e. The maximum atomic E-state index is 13.6. The molecule has 0 radical (unpaired) electrons. The van der Waals surface area contributed by atoms with Crippen LogP contribution in [-0.4, -0.2) is 67.1 Å². The highest BCUT2D eigenvalue weighted by atomic mass is 32.2. The zero-order chi connectivity index (χ0) is 25.3. The fourth-order valence-electron chi connectivity index (χ4n) is 4.05. The van der Waals surface area contributed by atoms with Gasteiger partial charge in [-0.25, -0.2) is 13.2 Å². The molecule has 2 atom stereocenters. The van der Waals surface area contributed by atoms with Gasteiger partial charge >= 0.3 is 6.09 Å². The predicted octanol–water partition coefficient (Wildman–Crippen LogP) is 2.16.